The molecule has 0 saturated carbocycles. The Balaban J connectivity index is 3.19. The third-order valence-electron chi connectivity index (χ3n) is 1.85. The van der Waals surface area contributed by atoms with Crippen LogP contribution in [0.1, 0.15) is 25.5 Å². The summed E-state index contributed by atoms with van der Waals surface area (Å²) in [6.45, 7) is 3.59. The Labute approximate surface area is 81.7 Å². The normalized spacial score (nSPS) is 12.6. The summed E-state index contributed by atoms with van der Waals surface area (Å²) in [6, 6.07) is 1.74. The Morgan fingerprint density at radius 1 is 1.43 bits per heavy atom. The zero-order chi connectivity index (χ0) is 10.7. The zero-order valence-electron chi connectivity index (χ0n) is 8.18. The van der Waals surface area contributed by atoms with Gasteiger partial charge in [-0.25, -0.2) is 8.78 Å². The van der Waals surface area contributed by atoms with Crippen LogP contribution in [0.15, 0.2) is 12.1 Å². The summed E-state index contributed by atoms with van der Waals surface area (Å²) in [5.41, 5.74) is 5.32. The lowest BCUT2D eigenvalue weighted by molar-refractivity contribution is 0.317. The summed E-state index contributed by atoms with van der Waals surface area (Å²) in [6.07, 6.45) is 0. The SMILES string of the molecule is CCOc1ccc(F)c([C@@H](C)N)c1F. The van der Waals surface area contributed by atoms with Gasteiger partial charge >= 0.3 is 0 Å². The fourth-order valence-electron chi connectivity index (χ4n) is 1.23. The van der Waals surface area contributed by atoms with E-state index in [0.717, 1.165) is 6.07 Å². The summed E-state index contributed by atoms with van der Waals surface area (Å²) in [5.74, 6) is -1.30. The highest BCUT2D eigenvalue weighted by Gasteiger charge is 2.17. The fourth-order valence-corrected chi connectivity index (χ4v) is 1.23. The maximum Gasteiger partial charge on any atom is 0.172 e. The molecular weight excluding hydrogens is 188 g/mol. The number of rotatable bonds is 3. The summed E-state index contributed by atoms with van der Waals surface area (Å²) in [4.78, 5) is 0. The molecule has 0 aliphatic heterocycles. The molecule has 1 aromatic carbocycles. The van der Waals surface area contributed by atoms with Gasteiger partial charge in [0.2, 0.25) is 0 Å². The monoisotopic (exact) mass is 201 g/mol. The second kappa shape index (κ2) is 4.37. The number of benzene rings is 1. The van der Waals surface area contributed by atoms with Crippen molar-refractivity contribution in [2.75, 3.05) is 6.61 Å². The van der Waals surface area contributed by atoms with Crippen molar-refractivity contribution in [3.8, 4) is 5.75 Å². The van der Waals surface area contributed by atoms with Crippen LogP contribution in [-0.4, -0.2) is 6.61 Å². The molecule has 0 saturated heterocycles. The minimum absolute atomic E-state index is 0.0428. The molecule has 0 radical (unpaired) electrons. The first kappa shape index (κ1) is 10.9. The maximum absolute atomic E-state index is 13.5. The van der Waals surface area contributed by atoms with E-state index in [-0.39, 0.29) is 11.3 Å². The van der Waals surface area contributed by atoms with E-state index in [2.05, 4.69) is 0 Å². The zero-order valence-corrected chi connectivity index (χ0v) is 8.18. The van der Waals surface area contributed by atoms with Gasteiger partial charge < -0.3 is 10.5 Å². The second-order valence-corrected chi connectivity index (χ2v) is 2.99. The maximum atomic E-state index is 13.5. The molecule has 0 spiro atoms. The Morgan fingerprint density at radius 2 is 2.07 bits per heavy atom. The lowest BCUT2D eigenvalue weighted by atomic mass is 10.1. The summed E-state index contributed by atoms with van der Waals surface area (Å²) >= 11 is 0. The molecule has 0 aliphatic rings. The highest BCUT2D eigenvalue weighted by atomic mass is 19.1. The Bertz CT molecular complexity index is 326. The Morgan fingerprint density at radius 3 is 2.57 bits per heavy atom. The molecule has 0 bridgehead atoms. The largest absolute Gasteiger partial charge is 0.491 e. The van der Waals surface area contributed by atoms with Gasteiger partial charge in [-0.05, 0) is 26.0 Å². The number of nitrogens with two attached hydrogens (primary N) is 1. The smallest absolute Gasteiger partial charge is 0.172 e. The fraction of sp³-hybridized carbons (Fsp3) is 0.400. The van der Waals surface area contributed by atoms with Crippen LogP contribution in [0.25, 0.3) is 0 Å². The van der Waals surface area contributed by atoms with E-state index in [4.69, 9.17) is 10.5 Å². The second-order valence-electron chi connectivity index (χ2n) is 2.99. The van der Waals surface area contributed by atoms with Crippen LogP contribution in [0.3, 0.4) is 0 Å². The topological polar surface area (TPSA) is 35.2 Å². The van der Waals surface area contributed by atoms with Crippen LogP contribution >= 0.6 is 0 Å². The molecule has 1 aromatic rings. The molecule has 4 heteroatoms. The van der Waals surface area contributed by atoms with Gasteiger partial charge in [-0.1, -0.05) is 0 Å². The minimum Gasteiger partial charge on any atom is -0.491 e. The first-order valence-corrected chi connectivity index (χ1v) is 4.44. The van der Waals surface area contributed by atoms with Crippen molar-refractivity contribution in [3.63, 3.8) is 0 Å². The van der Waals surface area contributed by atoms with Gasteiger partial charge in [0.1, 0.15) is 5.82 Å². The van der Waals surface area contributed by atoms with Crippen molar-refractivity contribution in [2.24, 2.45) is 5.73 Å². The van der Waals surface area contributed by atoms with Crippen molar-refractivity contribution in [1.29, 1.82) is 0 Å². The van der Waals surface area contributed by atoms with Crippen LogP contribution in [0.5, 0.6) is 5.75 Å². The van der Waals surface area contributed by atoms with Gasteiger partial charge in [0.25, 0.3) is 0 Å². The van der Waals surface area contributed by atoms with Crippen LogP contribution in [-0.2, 0) is 0 Å². The predicted octanol–water partition coefficient (Wildman–Crippen LogP) is 2.38. The molecule has 0 amide bonds. The molecule has 14 heavy (non-hydrogen) atoms. The third kappa shape index (κ3) is 2.01. The van der Waals surface area contributed by atoms with E-state index in [1.165, 1.54) is 13.0 Å². The lowest BCUT2D eigenvalue weighted by Gasteiger charge is -2.12. The van der Waals surface area contributed by atoms with Gasteiger partial charge in [-0.2, -0.15) is 0 Å². The van der Waals surface area contributed by atoms with Crippen LogP contribution in [0, 0.1) is 11.6 Å². The minimum atomic E-state index is -0.707. The lowest BCUT2D eigenvalue weighted by Crippen LogP contribution is -2.11. The van der Waals surface area contributed by atoms with E-state index in [0.29, 0.717) is 6.61 Å². The summed E-state index contributed by atoms with van der Waals surface area (Å²) < 4.78 is 31.7. The van der Waals surface area contributed by atoms with Crippen molar-refractivity contribution in [1.82, 2.24) is 0 Å². The van der Waals surface area contributed by atoms with Crippen molar-refractivity contribution < 1.29 is 13.5 Å². The van der Waals surface area contributed by atoms with Gasteiger partial charge in [0.05, 0.1) is 6.61 Å². The summed E-state index contributed by atoms with van der Waals surface area (Å²) in [7, 11) is 0. The van der Waals surface area contributed by atoms with Gasteiger partial charge in [-0.15, -0.1) is 0 Å². The molecule has 0 heterocycles. The summed E-state index contributed by atoms with van der Waals surface area (Å²) in [5, 5.41) is 0. The van der Waals surface area contributed by atoms with E-state index >= 15 is 0 Å². The standard InChI is InChI=1S/C10H13F2NO/c1-3-14-8-5-4-7(11)9(6(2)13)10(8)12/h4-6H,3,13H2,1-2H3/t6-/m1/s1. The molecule has 1 rings (SSSR count). The highest BCUT2D eigenvalue weighted by molar-refractivity contribution is 5.33. The number of hydrogen-bond acceptors (Lipinski definition) is 2. The molecule has 2 N–H and O–H groups in total. The quantitative estimate of drug-likeness (QED) is 0.814. The molecule has 78 valence electrons. The van der Waals surface area contributed by atoms with Gasteiger partial charge in [0.15, 0.2) is 11.6 Å². The van der Waals surface area contributed by atoms with E-state index in [1.807, 2.05) is 0 Å². The van der Waals surface area contributed by atoms with Crippen molar-refractivity contribution in [2.45, 2.75) is 19.9 Å². The molecule has 0 aliphatic carbocycles. The van der Waals surface area contributed by atoms with Crippen molar-refractivity contribution >= 4 is 0 Å². The van der Waals surface area contributed by atoms with Gasteiger partial charge in [-0.3, -0.25) is 0 Å². The van der Waals surface area contributed by atoms with Crippen LogP contribution in [0.2, 0.25) is 0 Å². The molecule has 0 aromatic heterocycles. The Hall–Kier alpha value is -1.16. The number of halogens is 2. The number of hydrogen-bond donors (Lipinski definition) is 1. The first-order valence-electron chi connectivity index (χ1n) is 4.44. The van der Waals surface area contributed by atoms with Crippen LogP contribution in [0.4, 0.5) is 8.78 Å². The predicted molar refractivity (Wildman–Crippen MR) is 50.1 cm³/mol. The Kier molecular flexibility index (Phi) is 3.41. The van der Waals surface area contributed by atoms with Crippen molar-refractivity contribution in [3.05, 3.63) is 29.3 Å². The van der Waals surface area contributed by atoms with E-state index in [9.17, 15) is 8.78 Å². The molecule has 0 fully saturated rings. The molecule has 1 atom stereocenters. The van der Waals surface area contributed by atoms with Gasteiger partial charge in [0, 0.05) is 11.6 Å². The first-order chi connectivity index (χ1) is 6.57. The third-order valence-corrected chi connectivity index (χ3v) is 1.85. The highest BCUT2D eigenvalue weighted by Crippen LogP contribution is 2.26. The van der Waals surface area contributed by atoms with Crippen LogP contribution < -0.4 is 10.5 Å². The van der Waals surface area contributed by atoms with E-state index in [1.54, 1.807) is 6.92 Å². The molecule has 0 unspecified atom stereocenters. The number of ether oxygens (including phenoxy) is 1. The molecular formula is C10H13F2NO. The average molecular weight is 201 g/mol. The molecule has 2 nitrogen and oxygen atoms in total. The van der Waals surface area contributed by atoms with E-state index < -0.39 is 17.7 Å². The average Bonchev–Trinajstić information content (AvgIpc) is 2.10.